The number of aliphatic carboxylic acids is 2. The fourth-order valence-corrected chi connectivity index (χ4v) is 3.11. The van der Waals surface area contributed by atoms with Gasteiger partial charge in [0, 0.05) is 13.0 Å². The SMILES string of the molecule is CCC(C)C(NC(=O)CNC(=O)C1CCCN1C(=O)C(N)CCC(=O)O)C(=O)O. The fraction of sp³-hybridized carbons (Fsp3) is 0.722. The third-order valence-corrected chi connectivity index (χ3v) is 5.04. The van der Waals surface area contributed by atoms with Gasteiger partial charge in [0.2, 0.25) is 17.7 Å². The number of nitrogens with two attached hydrogens (primary N) is 1. The van der Waals surface area contributed by atoms with Crippen molar-refractivity contribution < 1.29 is 34.2 Å². The maximum Gasteiger partial charge on any atom is 0.326 e. The van der Waals surface area contributed by atoms with E-state index < -0.39 is 54.3 Å². The average Bonchev–Trinajstić information content (AvgIpc) is 3.16. The lowest BCUT2D eigenvalue weighted by Crippen LogP contribution is -2.53. The van der Waals surface area contributed by atoms with Crippen LogP contribution >= 0.6 is 0 Å². The number of nitrogens with one attached hydrogen (secondary N) is 2. The molecule has 11 heteroatoms. The van der Waals surface area contributed by atoms with Crippen molar-refractivity contribution >= 4 is 29.7 Å². The van der Waals surface area contributed by atoms with E-state index in [9.17, 15) is 29.1 Å². The van der Waals surface area contributed by atoms with Crippen molar-refractivity contribution in [2.75, 3.05) is 13.1 Å². The number of nitrogens with zero attached hydrogens (tertiary/aromatic N) is 1. The summed E-state index contributed by atoms with van der Waals surface area (Å²) in [6.07, 6.45) is 1.25. The first-order valence-corrected chi connectivity index (χ1v) is 9.66. The summed E-state index contributed by atoms with van der Waals surface area (Å²) in [5, 5.41) is 22.7. The van der Waals surface area contributed by atoms with Gasteiger partial charge in [0.1, 0.15) is 12.1 Å². The summed E-state index contributed by atoms with van der Waals surface area (Å²) >= 11 is 0. The Labute approximate surface area is 169 Å². The smallest absolute Gasteiger partial charge is 0.326 e. The molecule has 0 saturated carbocycles. The number of carboxylic acid groups (broad SMARTS) is 2. The zero-order chi connectivity index (χ0) is 22.1. The molecule has 164 valence electrons. The number of hydrogen-bond donors (Lipinski definition) is 5. The van der Waals surface area contributed by atoms with Crippen molar-refractivity contribution in [3.8, 4) is 0 Å². The molecular weight excluding hydrogens is 384 g/mol. The molecule has 1 heterocycles. The summed E-state index contributed by atoms with van der Waals surface area (Å²) in [5.41, 5.74) is 5.75. The molecule has 0 spiro atoms. The van der Waals surface area contributed by atoms with Gasteiger partial charge in [0.05, 0.1) is 12.6 Å². The minimum Gasteiger partial charge on any atom is -0.481 e. The van der Waals surface area contributed by atoms with E-state index in [1.807, 2.05) is 0 Å². The van der Waals surface area contributed by atoms with Gasteiger partial charge in [-0.2, -0.15) is 0 Å². The third-order valence-electron chi connectivity index (χ3n) is 5.04. The molecule has 0 aliphatic carbocycles. The monoisotopic (exact) mass is 414 g/mol. The average molecular weight is 414 g/mol. The van der Waals surface area contributed by atoms with Crippen LogP contribution < -0.4 is 16.4 Å². The van der Waals surface area contributed by atoms with E-state index in [-0.39, 0.29) is 18.8 Å². The van der Waals surface area contributed by atoms with Gasteiger partial charge in [-0.1, -0.05) is 20.3 Å². The molecule has 1 aliphatic rings. The Balaban J connectivity index is 2.59. The van der Waals surface area contributed by atoms with Crippen molar-refractivity contribution in [2.24, 2.45) is 11.7 Å². The van der Waals surface area contributed by atoms with E-state index in [1.54, 1.807) is 13.8 Å². The van der Waals surface area contributed by atoms with Gasteiger partial charge in [0.15, 0.2) is 0 Å². The molecule has 1 saturated heterocycles. The van der Waals surface area contributed by atoms with Gasteiger partial charge in [-0.05, 0) is 25.2 Å². The molecule has 1 rings (SSSR count). The Morgan fingerprint density at radius 1 is 1.21 bits per heavy atom. The molecule has 0 radical (unpaired) electrons. The molecule has 0 bridgehead atoms. The van der Waals surface area contributed by atoms with Crippen LogP contribution in [0.5, 0.6) is 0 Å². The van der Waals surface area contributed by atoms with E-state index >= 15 is 0 Å². The lowest BCUT2D eigenvalue weighted by atomic mass is 9.99. The topological polar surface area (TPSA) is 179 Å². The van der Waals surface area contributed by atoms with Gasteiger partial charge in [-0.3, -0.25) is 19.2 Å². The van der Waals surface area contributed by atoms with E-state index in [0.717, 1.165) is 0 Å². The van der Waals surface area contributed by atoms with Gasteiger partial charge < -0.3 is 31.5 Å². The molecule has 6 N–H and O–H groups in total. The molecule has 0 aromatic rings. The van der Waals surface area contributed by atoms with Gasteiger partial charge in [0.25, 0.3) is 0 Å². The van der Waals surface area contributed by atoms with Crippen LogP contribution in [-0.4, -0.2) is 76.0 Å². The van der Waals surface area contributed by atoms with Crippen molar-refractivity contribution in [1.29, 1.82) is 0 Å². The molecule has 0 aromatic carbocycles. The summed E-state index contributed by atoms with van der Waals surface area (Å²) in [6.45, 7) is 3.41. The molecule has 4 unspecified atom stereocenters. The van der Waals surface area contributed by atoms with Gasteiger partial charge >= 0.3 is 11.9 Å². The van der Waals surface area contributed by atoms with Crippen LogP contribution in [0.1, 0.15) is 46.0 Å². The highest BCUT2D eigenvalue weighted by atomic mass is 16.4. The first-order valence-electron chi connectivity index (χ1n) is 9.66. The summed E-state index contributed by atoms with van der Waals surface area (Å²) in [7, 11) is 0. The van der Waals surface area contributed by atoms with Gasteiger partial charge in [-0.15, -0.1) is 0 Å². The predicted octanol–water partition coefficient (Wildman–Crippen LogP) is -1.10. The Bertz CT molecular complexity index is 640. The van der Waals surface area contributed by atoms with Crippen molar-refractivity contribution in [2.45, 2.75) is 64.1 Å². The summed E-state index contributed by atoms with van der Waals surface area (Å²) in [5.74, 6) is -4.17. The van der Waals surface area contributed by atoms with Crippen LogP contribution in [0.25, 0.3) is 0 Å². The fourth-order valence-electron chi connectivity index (χ4n) is 3.11. The van der Waals surface area contributed by atoms with Crippen molar-refractivity contribution in [3.05, 3.63) is 0 Å². The maximum absolute atomic E-state index is 12.4. The summed E-state index contributed by atoms with van der Waals surface area (Å²) in [4.78, 5) is 60.1. The Morgan fingerprint density at radius 3 is 2.41 bits per heavy atom. The molecule has 3 amide bonds. The highest BCUT2D eigenvalue weighted by molar-refractivity contribution is 5.93. The third kappa shape index (κ3) is 7.33. The van der Waals surface area contributed by atoms with Crippen LogP contribution in [0.2, 0.25) is 0 Å². The highest BCUT2D eigenvalue weighted by Gasteiger charge is 2.36. The number of carbonyl (C=O) groups is 5. The highest BCUT2D eigenvalue weighted by Crippen LogP contribution is 2.19. The van der Waals surface area contributed by atoms with Crippen molar-refractivity contribution in [1.82, 2.24) is 15.5 Å². The standard InChI is InChI=1S/C18H30N4O7/c1-3-10(2)15(18(28)29)21-13(23)9-20-16(26)12-5-4-8-22(12)17(27)11(19)6-7-14(24)25/h10-12,15H,3-9,19H2,1-2H3,(H,20,26)(H,21,23)(H,24,25)(H,28,29). The first-order chi connectivity index (χ1) is 13.6. The predicted molar refractivity (Wildman–Crippen MR) is 102 cm³/mol. The number of rotatable bonds is 11. The minimum absolute atomic E-state index is 0.0341. The number of amides is 3. The van der Waals surface area contributed by atoms with Crippen LogP contribution in [0, 0.1) is 5.92 Å². The Morgan fingerprint density at radius 2 is 1.86 bits per heavy atom. The molecule has 29 heavy (non-hydrogen) atoms. The van der Waals surface area contributed by atoms with Crippen LogP contribution in [0.3, 0.4) is 0 Å². The van der Waals surface area contributed by atoms with E-state index in [0.29, 0.717) is 25.8 Å². The number of carboxylic acids is 2. The second-order valence-electron chi connectivity index (χ2n) is 7.22. The Kier molecular flexibility index (Phi) is 9.53. The zero-order valence-electron chi connectivity index (χ0n) is 16.7. The van der Waals surface area contributed by atoms with E-state index in [2.05, 4.69) is 10.6 Å². The normalized spacial score (nSPS) is 19.1. The molecule has 0 aromatic heterocycles. The second kappa shape index (κ2) is 11.3. The van der Waals surface area contributed by atoms with E-state index in [1.165, 1.54) is 4.90 Å². The number of hydrogen-bond acceptors (Lipinski definition) is 6. The van der Waals surface area contributed by atoms with Crippen LogP contribution in [0.4, 0.5) is 0 Å². The van der Waals surface area contributed by atoms with Crippen LogP contribution in [-0.2, 0) is 24.0 Å². The number of carbonyl (C=O) groups excluding carboxylic acids is 3. The number of likely N-dealkylation sites (tertiary alicyclic amines) is 1. The van der Waals surface area contributed by atoms with Crippen LogP contribution in [0.15, 0.2) is 0 Å². The molecular formula is C18H30N4O7. The molecule has 11 nitrogen and oxygen atoms in total. The van der Waals surface area contributed by atoms with E-state index in [4.69, 9.17) is 10.8 Å². The molecule has 1 fully saturated rings. The lowest BCUT2D eigenvalue weighted by molar-refractivity contribution is -0.143. The lowest BCUT2D eigenvalue weighted by Gasteiger charge is -2.26. The maximum atomic E-state index is 12.4. The Hall–Kier alpha value is -2.69. The molecule has 4 atom stereocenters. The molecule has 1 aliphatic heterocycles. The van der Waals surface area contributed by atoms with Gasteiger partial charge in [-0.25, -0.2) is 4.79 Å². The largest absolute Gasteiger partial charge is 0.481 e. The minimum atomic E-state index is -1.15. The zero-order valence-corrected chi connectivity index (χ0v) is 16.7. The summed E-state index contributed by atoms with van der Waals surface area (Å²) < 4.78 is 0. The summed E-state index contributed by atoms with van der Waals surface area (Å²) in [6, 6.07) is -2.87. The first kappa shape index (κ1) is 24.3. The quantitative estimate of drug-likeness (QED) is 0.283. The van der Waals surface area contributed by atoms with Crippen molar-refractivity contribution in [3.63, 3.8) is 0 Å². The second-order valence-corrected chi connectivity index (χ2v) is 7.22.